The van der Waals surface area contributed by atoms with E-state index in [-0.39, 0.29) is 38.6 Å². The molecule has 0 N–H and O–H groups in total. The van der Waals surface area contributed by atoms with Gasteiger partial charge in [0.25, 0.3) is 0 Å². The smallest absolute Gasteiger partial charge is 0.337 e. The van der Waals surface area contributed by atoms with Crippen LogP contribution in [0.15, 0.2) is 77.9 Å². The highest BCUT2D eigenvalue weighted by molar-refractivity contribution is 7.59. The minimum absolute atomic E-state index is 0.0130. The van der Waals surface area contributed by atoms with Gasteiger partial charge in [0, 0.05) is 54.3 Å². The molecule has 3 unspecified atom stereocenters. The van der Waals surface area contributed by atoms with Crippen LogP contribution in [0.1, 0.15) is 38.8 Å². The third-order valence-corrected chi connectivity index (χ3v) is 8.27. The number of rotatable bonds is 11. The number of pyridine rings is 1. The van der Waals surface area contributed by atoms with Crippen molar-refractivity contribution in [3.8, 4) is 11.1 Å². The molecule has 1 saturated heterocycles. The number of oxime groups is 1. The van der Waals surface area contributed by atoms with Crippen LogP contribution in [0.5, 0.6) is 0 Å². The zero-order chi connectivity index (χ0) is 29.5. The lowest BCUT2D eigenvalue weighted by Gasteiger charge is -2.17. The van der Waals surface area contributed by atoms with E-state index in [2.05, 4.69) is 20.5 Å². The van der Waals surface area contributed by atoms with Gasteiger partial charge in [0.1, 0.15) is 17.6 Å². The number of allylic oxidation sites excluding steroid dienone is 2. The second-order valence-corrected chi connectivity index (χ2v) is 11.5. The maximum atomic E-state index is 15.2. The topological polar surface area (TPSA) is 112 Å². The number of halogens is 1. The summed E-state index contributed by atoms with van der Waals surface area (Å²) >= 11 is 0. The SMILES string of the molecule is C/C=C(\C=C/CC)C(=O)OCCC1CC(c2ccc(-c3ccc(N4CC(Cn5ccnn5)PC4=O)cc3F)cn2)=NO1. The number of anilines is 1. The summed E-state index contributed by atoms with van der Waals surface area (Å²) in [5.41, 5.74) is 3.48. The maximum Gasteiger partial charge on any atom is 0.337 e. The summed E-state index contributed by atoms with van der Waals surface area (Å²) in [6.07, 6.45) is 12.0. The molecule has 2 aliphatic heterocycles. The molecule has 4 heterocycles. The fourth-order valence-electron chi connectivity index (χ4n) is 4.74. The van der Waals surface area contributed by atoms with Crippen LogP contribution in [0.4, 0.5) is 14.9 Å². The first kappa shape index (κ1) is 29.3. The van der Waals surface area contributed by atoms with Crippen molar-refractivity contribution in [1.29, 1.82) is 0 Å². The maximum absolute atomic E-state index is 15.2. The number of ether oxygens (including phenoxy) is 1. The Hall–Kier alpha value is -4.24. The van der Waals surface area contributed by atoms with E-state index in [9.17, 15) is 9.59 Å². The molecule has 3 aromatic rings. The molecular weight excluding hydrogens is 558 g/mol. The molecule has 0 radical (unpaired) electrons. The third-order valence-electron chi connectivity index (χ3n) is 6.98. The molecule has 0 saturated carbocycles. The van der Waals surface area contributed by atoms with Crippen LogP contribution < -0.4 is 4.90 Å². The quantitative estimate of drug-likeness (QED) is 0.125. The molecule has 2 aromatic heterocycles. The summed E-state index contributed by atoms with van der Waals surface area (Å²) in [5.74, 6) is -0.793. The van der Waals surface area contributed by atoms with Crippen molar-refractivity contribution in [2.24, 2.45) is 5.16 Å². The van der Waals surface area contributed by atoms with Gasteiger partial charge < -0.3 is 14.5 Å². The fourth-order valence-corrected chi connectivity index (χ4v) is 6.02. The number of amides is 1. The molecule has 0 bridgehead atoms. The van der Waals surface area contributed by atoms with Gasteiger partial charge in [-0.05, 0) is 46.2 Å². The molecule has 1 aromatic carbocycles. The minimum atomic E-state index is -0.430. The van der Waals surface area contributed by atoms with Crippen molar-refractivity contribution in [3.05, 3.63) is 84.2 Å². The van der Waals surface area contributed by atoms with Crippen molar-refractivity contribution in [2.45, 2.75) is 51.4 Å². The molecule has 3 atom stereocenters. The van der Waals surface area contributed by atoms with Gasteiger partial charge in [-0.25, -0.2) is 9.18 Å². The highest BCUT2D eigenvalue weighted by atomic mass is 31.1. The first-order valence-corrected chi connectivity index (χ1v) is 14.9. The molecule has 0 spiro atoms. The predicted octanol–water partition coefficient (Wildman–Crippen LogP) is 5.51. The summed E-state index contributed by atoms with van der Waals surface area (Å²) in [6.45, 7) is 5.12. The zero-order valence-electron chi connectivity index (χ0n) is 23.4. The number of benzene rings is 1. The van der Waals surface area contributed by atoms with E-state index in [0.717, 1.165) is 6.42 Å². The molecular formula is C30H32FN6O4P. The number of esters is 1. The number of hydrogen-bond acceptors (Lipinski definition) is 8. The molecule has 2 aliphatic rings. The number of carbonyl (C=O) groups is 2. The largest absolute Gasteiger partial charge is 0.462 e. The summed E-state index contributed by atoms with van der Waals surface area (Å²) in [6, 6.07) is 8.41. The highest BCUT2D eigenvalue weighted by Crippen LogP contribution is 2.37. The number of aromatic nitrogens is 4. The van der Waals surface area contributed by atoms with Crippen molar-refractivity contribution < 1.29 is 23.6 Å². The third kappa shape index (κ3) is 6.97. The Bertz CT molecular complexity index is 1510. The van der Waals surface area contributed by atoms with E-state index < -0.39 is 5.82 Å². The Morgan fingerprint density at radius 1 is 1.29 bits per heavy atom. The van der Waals surface area contributed by atoms with Crippen molar-refractivity contribution in [2.75, 3.05) is 18.1 Å². The number of hydrogen-bond donors (Lipinski definition) is 0. The van der Waals surface area contributed by atoms with Gasteiger partial charge in [0.2, 0.25) is 5.65 Å². The van der Waals surface area contributed by atoms with E-state index in [1.165, 1.54) is 6.07 Å². The summed E-state index contributed by atoms with van der Waals surface area (Å²) in [5, 5.41) is 11.9. The standard InChI is InChI=1S/C30H32FN6O4P/c1-3-5-6-20(4-2)29(38)40-14-11-23-16-28(34-41-23)27-10-7-21(17-32-27)25-9-8-22(15-26(25)31)37-19-24(42-30(37)39)18-36-13-12-33-35-36/h4-10,12-13,15,17,23-24,42H,3,11,14,16,18-19H2,1-2H3/b6-5-,20-4+. The average molecular weight is 591 g/mol. The Morgan fingerprint density at radius 3 is 2.88 bits per heavy atom. The van der Waals surface area contributed by atoms with E-state index in [1.54, 1.807) is 71.5 Å². The Labute approximate surface area is 245 Å². The minimum Gasteiger partial charge on any atom is -0.462 e. The lowest BCUT2D eigenvalue weighted by Crippen LogP contribution is -2.26. The van der Waals surface area contributed by atoms with Gasteiger partial charge in [-0.3, -0.25) is 14.5 Å². The molecule has 218 valence electrons. The predicted molar refractivity (Wildman–Crippen MR) is 159 cm³/mol. The van der Waals surface area contributed by atoms with Gasteiger partial charge >= 0.3 is 5.97 Å². The Kier molecular flexibility index (Phi) is 9.48. The van der Waals surface area contributed by atoms with Gasteiger partial charge in [0.15, 0.2) is 0 Å². The summed E-state index contributed by atoms with van der Waals surface area (Å²) in [4.78, 5) is 36.5. The van der Waals surface area contributed by atoms with E-state index in [1.807, 2.05) is 13.0 Å². The van der Waals surface area contributed by atoms with E-state index in [0.29, 0.717) is 59.7 Å². The molecule has 0 aliphatic carbocycles. The van der Waals surface area contributed by atoms with Crippen LogP contribution in [-0.4, -0.2) is 62.2 Å². The van der Waals surface area contributed by atoms with Crippen LogP contribution in [-0.2, 0) is 20.9 Å². The zero-order valence-corrected chi connectivity index (χ0v) is 24.4. The average Bonchev–Trinajstić information content (AvgIpc) is 3.76. The molecule has 1 fully saturated rings. The van der Waals surface area contributed by atoms with Gasteiger partial charge in [0.05, 0.1) is 30.6 Å². The first-order valence-electron chi connectivity index (χ1n) is 13.9. The summed E-state index contributed by atoms with van der Waals surface area (Å²) < 4.78 is 22.3. The Balaban J connectivity index is 1.14. The van der Waals surface area contributed by atoms with Gasteiger partial charge in [-0.15, -0.1) is 5.10 Å². The van der Waals surface area contributed by atoms with Gasteiger partial charge in [-0.2, -0.15) is 0 Å². The second kappa shape index (κ2) is 13.6. The molecule has 42 heavy (non-hydrogen) atoms. The van der Waals surface area contributed by atoms with Crippen LogP contribution >= 0.6 is 8.58 Å². The molecule has 1 amide bonds. The lowest BCUT2D eigenvalue weighted by molar-refractivity contribution is -0.139. The van der Waals surface area contributed by atoms with Crippen molar-refractivity contribution in [3.63, 3.8) is 0 Å². The monoisotopic (exact) mass is 590 g/mol. The van der Waals surface area contributed by atoms with Gasteiger partial charge in [-0.1, -0.05) is 41.6 Å². The van der Waals surface area contributed by atoms with Crippen molar-refractivity contribution in [1.82, 2.24) is 20.0 Å². The Morgan fingerprint density at radius 2 is 2.17 bits per heavy atom. The van der Waals surface area contributed by atoms with Crippen molar-refractivity contribution >= 4 is 31.6 Å². The van der Waals surface area contributed by atoms with Crippen LogP contribution in [0.2, 0.25) is 0 Å². The molecule has 5 rings (SSSR count). The first-order chi connectivity index (χ1) is 20.4. The molecule has 10 nitrogen and oxygen atoms in total. The second-order valence-electron chi connectivity index (χ2n) is 9.93. The fraction of sp³-hybridized carbons (Fsp3) is 0.333. The molecule has 12 heteroatoms. The lowest BCUT2D eigenvalue weighted by atomic mass is 10.0. The number of nitrogens with zero attached hydrogens (tertiary/aromatic N) is 6. The summed E-state index contributed by atoms with van der Waals surface area (Å²) in [7, 11) is 0.0978. The van der Waals surface area contributed by atoms with E-state index >= 15 is 4.39 Å². The number of carbonyl (C=O) groups excluding carboxylic acids is 2. The normalized spacial score (nSPS) is 19.5. The van der Waals surface area contributed by atoms with Crippen LogP contribution in [0.25, 0.3) is 11.1 Å². The van der Waals surface area contributed by atoms with Crippen LogP contribution in [0, 0.1) is 5.82 Å². The highest BCUT2D eigenvalue weighted by Gasteiger charge is 2.31. The van der Waals surface area contributed by atoms with Crippen LogP contribution in [0.3, 0.4) is 0 Å². The van der Waals surface area contributed by atoms with E-state index in [4.69, 9.17) is 9.57 Å².